The highest BCUT2D eigenvalue weighted by atomic mass is 14.9. The zero-order chi connectivity index (χ0) is 68.4. The summed E-state index contributed by atoms with van der Waals surface area (Å²) in [5, 5.41) is 0. The van der Waals surface area contributed by atoms with Gasteiger partial charge in [0.25, 0.3) is 0 Å². The maximum Gasteiger partial charge on any atom is 0.212 e. The van der Waals surface area contributed by atoms with Crippen molar-refractivity contribution >= 4 is 0 Å². The van der Waals surface area contributed by atoms with Crippen LogP contribution in [0.15, 0.2) is 183 Å². The molecule has 0 aliphatic carbocycles. The first kappa shape index (κ1) is 73.9. The Morgan fingerprint density at radius 3 is 0.817 bits per heavy atom. The molecule has 5 heteroatoms. The molecule has 0 radical (unpaired) electrons. The maximum absolute atomic E-state index is 2.38. The SMILES string of the molecule is CCc1c[n+](C)c(-c2ccccc2C)cc1C(C)C.CCc1cc(-c2ccccc2C)[n+](C)cc1C.CCc1cc(-c2ccccc2C)[n+](C)cc1C(C)C.CCc1cc(-c2ccccc2C)[n+](C)cc1CC.Cc1ccccc1-c1cc(C(C)C)c(C(C)C)c[n+]1C. The summed E-state index contributed by atoms with van der Waals surface area (Å²) < 4.78 is 11.3. The normalized spacial score (nSPS) is 11.0. The summed E-state index contributed by atoms with van der Waals surface area (Å²) in [6.45, 7) is 42.4. The van der Waals surface area contributed by atoms with Gasteiger partial charge in [0.05, 0.1) is 0 Å². The quantitative estimate of drug-likeness (QED) is 0.0967. The Kier molecular flexibility index (Phi) is 27.5. The minimum atomic E-state index is 0.552. The van der Waals surface area contributed by atoms with Gasteiger partial charge in [-0.3, -0.25) is 0 Å². The number of pyridine rings is 5. The summed E-state index contributed by atoms with van der Waals surface area (Å²) in [7, 11) is 10.7. The van der Waals surface area contributed by atoms with Crippen molar-refractivity contribution in [2.75, 3.05) is 0 Å². The third kappa shape index (κ3) is 18.8. The van der Waals surface area contributed by atoms with Crippen LogP contribution in [0, 0.1) is 41.5 Å². The van der Waals surface area contributed by atoms with E-state index in [2.05, 4.69) is 372 Å². The van der Waals surface area contributed by atoms with Crippen LogP contribution in [-0.4, -0.2) is 0 Å². The second kappa shape index (κ2) is 34.7. The molecular weight excluding hydrogens is 1130 g/mol. The average molecular weight is 1240 g/mol. The van der Waals surface area contributed by atoms with Crippen molar-refractivity contribution in [1.29, 1.82) is 0 Å². The summed E-state index contributed by atoms with van der Waals surface area (Å²) in [5.74, 6) is 2.26. The fraction of sp³-hybridized carbons (Fsp3) is 0.375. The molecule has 0 bridgehead atoms. The molecule has 0 atom stereocenters. The molecule has 0 unspecified atom stereocenters. The number of benzene rings is 5. The summed E-state index contributed by atoms with van der Waals surface area (Å²) in [5.41, 5.74) is 34.3. The zero-order valence-electron chi connectivity index (χ0n) is 61.9. The van der Waals surface area contributed by atoms with Gasteiger partial charge in [0.15, 0.2) is 31.0 Å². The standard InChI is InChI=1S/C19H26N.2C18H24N.C17H22N.C16H20N/c1-13(2)17-11-19(16-10-8-7-9-15(16)5)20(6)12-18(17)14(3)4;1-6-15-12-19(5)18(11-17(15)13(2)3)16-10-8-7-9-14(16)4;1-6-15-11-18(16-10-8-7-9-14(16)4)19(5)12-17(15)13(2)3;1-5-14-11-17(18(4)12-15(14)6-2)16-10-8-7-9-13(16)3;1-5-14-10-16(17(4)11-13(14)3)15-9-7-6-8-12(15)2/h7-14H,1-6H3;2*7-13H,6H2,1-5H3;7-12H,5-6H2,1-4H3;6-11H,5H2,1-4H3/q5*+1. The molecular formula is C88H116N5+5. The third-order valence-electron chi connectivity index (χ3n) is 18.7. The molecule has 93 heavy (non-hydrogen) atoms. The number of nitrogens with zero attached hydrogens (tertiary/aromatic N) is 5. The molecule has 10 rings (SSSR count). The molecule has 0 saturated carbocycles. The van der Waals surface area contributed by atoms with Gasteiger partial charge in [0, 0.05) is 86.0 Å². The first-order valence-electron chi connectivity index (χ1n) is 34.7. The van der Waals surface area contributed by atoms with Gasteiger partial charge in [-0.2, -0.15) is 0 Å². The van der Waals surface area contributed by atoms with Crippen LogP contribution in [-0.2, 0) is 67.3 Å². The Labute approximate surface area is 564 Å². The summed E-state index contributed by atoms with van der Waals surface area (Å²) in [6, 6.07) is 54.7. The van der Waals surface area contributed by atoms with Crippen molar-refractivity contribution in [3.05, 3.63) is 266 Å². The topological polar surface area (TPSA) is 19.4 Å². The molecule has 5 aromatic heterocycles. The van der Waals surface area contributed by atoms with Crippen molar-refractivity contribution in [2.45, 2.75) is 187 Å². The van der Waals surface area contributed by atoms with E-state index in [1.54, 1.807) is 0 Å². The van der Waals surface area contributed by atoms with Gasteiger partial charge in [-0.25, -0.2) is 22.8 Å². The van der Waals surface area contributed by atoms with Crippen molar-refractivity contribution in [3.63, 3.8) is 0 Å². The van der Waals surface area contributed by atoms with E-state index in [-0.39, 0.29) is 0 Å². The van der Waals surface area contributed by atoms with Crippen LogP contribution in [0.1, 0.15) is 197 Å². The van der Waals surface area contributed by atoms with Gasteiger partial charge >= 0.3 is 0 Å². The average Bonchev–Trinajstić information content (AvgIpc) is 0.863. The first-order valence-corrected chi connectivity index (χ1v) is 34.7. The Hall–Kier alpha value is -8.15. The first-order chi connectivity index (χ1) is 44.3. The van der Waals surface area contributed by atoms with Gasteiger partial charge in [0.1, 0.15) is 35.2 Å². The molecule has 5 aromatic carbocycles. The van der Waals surface area contributed by atoms with E-state index in [4.69, 9.17) is 0 Å². The van der Waals surface area contributed by atoms with Gasteiger partial charge < -0.3 is 0 Å². The highest BCUT2D eigenvalue weighted by Gasteiger charge is 2.23. The lowest BCUT2D eigenvalue weighted by molar-refractivity contribution is -0.661. The van der Waals surface area contributed by atoms with E-state index in [0.29, 0.717) is 23.7 Å². The lowest BCUT2D eigenvalue weighted by Crippen LogP contribution is -2.32. The monoisotopic (exact) mass is 1240 g/mol. The van der Waals surface area contributed by atoms with Crippen molar-refractivity contribution in [1.82, 2.24) is 0 Å². The number of aryl methyl sites for hydroxylation is 16. The molecule has 0 aliphatic rings. The number of rotatable bonds is 14. The minimum Gasteiger partial charge on any atom is -0.201 e. The fourth-order valence-electron chi connectivity index (χ4n) is 13.0. The number of hydrogen-bond donors (Lipinski definition) is 0. The van der Waals surface area contributed by atoms with Crippen LogP contribution in [0.3, 0.4) is 0 Å². The molecule has 10 aromatic rings. The second-order valence-electron chi connectivity index (χ2n) is 26.9. The Balaban J connectivity index is 0.000000185. The van der Waals surface area contributed by atoms with Crippen LogP contribution < -0.4 is 22.8 Å². The molecule has 0 spiro atoms. The van der Waals surface area contributed by atoms with Crippen LogP contribution in [0.2, 0.25) is 0 Å². The fourth-order valence-corrected chi connectivity index (χ4v) is 13.0. The van der Waals surface area contributed by atoms with Gasteiger partial charge in [-0.15, -0.1) is 0 Å². The number of aromatic nitrogens is 5. The summed E-state index contributed by atoms with van der Waals surface area (Å²) in [4.78, 5) is 0. The van der Waals surface area contributed by atoms with Gasteiger partial charge in [-0.1, -0.05) is 181 Å². The van der Waals surface area contributed by atoms with E-state index >= 15 is 0 Å². The van der Waals surface area contributed by atoms with E-state index in [1.165, 1.54) is 140 Å². The lowest BCUT2D eigenvalue weighted by Gasteiger charge is -2.16. The summed E-state index contributed by atoms with van der Waals surface area (Å²) >= 11 is 0. The van der Waals surface area contributed by atoms with E-state index in [1.807, 2.05) is 0 Å². The largest absolute Gasteiger partial charge is 0.212 e. The molecule has 0 aliphatic heterocycles. The molecule has 5 heterocycles. The Bertz CT molecular complexity index is 4100. The molecule has 488 valence electrons. The Morgan fingerprint density at radius 1 is 0.237 bits per heavy atom. The molecule has 0 N–H and O–H groups in total. The van der Waals surface area contributed by atoms with Crippen LogP contribution in [0.25, 0.3) is 56.3 Å². The molecule has 0 amide bonds. The number of hydrogen-bond acceptors (Lipinski definition) is 0. The smallest absolute Gasteiger partial charge is 0.201 e. The van der Waals surface area contributed by atoms with E-state index in [0.717, 1.165) is 32.1 Å². The van der Waals surface area contributed by atoms with Gasteiger partial charge in [0.2, 0.25) is 28.5 Å². The van der Waals surface area contributed by atoms with Crippen molar-refractivity contribution in [3.8, 4) is 56.3 Å². The van der Waals surface area contributed by atoms with Crippen molar-refractivity contribution in [2.24, 2.45) is 35.2 Å². The highest BCUT2D eigenvalue weighted by molar-refractivity contribution is 5.65. The lowest BCUT2D eigenvalue weighted by atomic mass is 9.90. The van der Waals surface area contributed by atoms with Gasteiger partial charge in [-0.05, 0) is 183 Å². The van der Waals surface area contributed by atoms with Crippen molar-refractivity contribution < 1.29 is 22.8 Å². The predicted molar refractivity (Wildman–Crippen MR) is 397 cm³/mol. The van der Waals surface area contributed by atoms with Crippen LogP contribution >= 0.6 is 0 Å². The predicted octanol–water partition coefficient (Wildman–Crippen LogP) is 20.0. The minimum absolute atomic E-state index is 0.552. The van der Waals surface area contributed by atoms with Crippen LogP contribution in [0.5, 0.6) is 0 Å². The highest BCUT2D eigenvalue weighted by Crippen LogP contribution is 2.32. The van der Waals surface area contributed by atoms with Crippen LogP contribution in [0.4, 0.5) is 0 Å². The van der Waals surface area contributed by atoms with E-state index < -0.39 is 0 Å². The summed E-state index contributed by atoms with van der Waals surface area (Å²) in [6.07, 6.45) is 16.9. The third-order valence-corrected chi connectivity index (χ3v) is 18.7. The molecule has 5 nitrogen and oxygen atoms in total. The molecule has 0 saturated heterocycles. The molecule has 0 fully saturated rings. The van der Waals surface area contributed by atoms with E-state index in [9.17, 15) is 0 Å². The Morgan fingerprint density at radius 2 is 0.495 bits per heavy atom. The second-order valence-corrected chi connectivity index (χ2v) is 26.9. The zero-order valence-corrected chi connectivity index (χ0v) is 61.9. The maximum atomic E-state index is 2.38.